The Morgan fingerprint density at radius 3 is 2.78 bits per heavy atom. The van der Waals surface area contributed by atoms with Gasteiger partial charge in [-0.25, -0.2) is 0 Å². The number of para-hydroxylation sites is 1. The van der Waals surface area contributed by atoms with E-state index in [9.17, 15) is 15.0 Å². The maximum atomic E-state index is 12.0. The highest BCUT2D eigenvalue weighted by Gasteiger charge is 2.19. The average Bonchev–Trinajstić information content (AvgIpc) is 2.32. The summed E-state index contributed by atoms with van der Waals surface area (Å²) in [5.41, 5.74) is 0.0405. The zero-order valence-corrected chi connectivity index (χ0v) is 11.0. The van der Waals surface area contributed by atoms with E-state index in [1.807, 2.05) is 0 Å². The number of benzene rings is 1. The summed E-state index contributed by atoms with van der Waals surface area (Å²) in [6.45, 7) is 0.606. The van der Waals surface area contributed by atoms with E-state index in [2.05, 4.69) is 0 Å². The first-order chi connectivity index (χ1) is 8.47. The fraction of sp³-hybridized carbons (Fsp3) is 0.417. The van der Waals surface area contributed by atoms with Gasteiger partial charge in [-0.3, -0.25) is 4.79 Å². The Labute approximate surface area is 111 Å². The third kappa shape index (κ3) is 3.51. The molecule has 6 heteroatoms. The number of hydrogen-bond donors (Lipinski definition) is 2. The molecule has 0 radical (unpaired) electrons. The van der Waals surface area contributed by atoms with Gasteiger partial charge in [-0.1, -0.05) is 6.07 Å². The summed E-state index contributed by atoms with van der Waals surface area (Å²) >= 11 is 5.95. The van der Waals surface area contributed by atoms with Crippen molar-refractivity contribution in [2.75, 3.05) is 27.3 Å². The van der Waals surface area contributed by atoms with E-state index in [0.29, 0.717) is 6.61 Å². The van der Waals surface area contributed by atoms with Gasteiger partial charge in [-0.05, 0) is 12.1 Å². The molecule has 0 aliphatic carbocycles. The molecule has 0 heterocycles. The molecule has 100 valence electrons. The van der Waals surface area contributed by atoms with Crippen LogP contribution < -0.4 is 0 Å². The number of carbonyl (C=O) groups excluding carboxylic acids is 1. The number of methoxy groups -OCH3 is 1. The van der Waals surface area contributed by atoms with Crippen molar-refractivity contribution < 1.29 is 19.7 Å². The summed E-state index contributed by atoms with van der Waals surface area (Å²) in [7, 11) is 3.09. The minimum absolute atomic E-state index is 0.0405. The quantitative estimate of drug-likeness (QED) is 0.629. The fourth-order valence-corrected chi connectivity index (χ4v) is 1.86. The van der Waals surface area contributed by atoms with Crippen molar-refractivity contribution in [3.05, 3.63) is 23.8 Å². The smallest absolute Gasteiger partial charge is 0.257 e. The van der Waals surface area contributed by atoms with Crippen LogP contribution in [-0.4, -0.2) is 53.7 Å². The highest BCUT2D eigenvalue weighted by molar-refractivity contribution is 6.21. The van der Waals surface area contributed by atoms with Crippen molar-refractivity contribution in [3.63, 3.8) is 0 Å². The minimum Gasteiger partial charge on any atom is -0.504 e. The molecule has 1 amide bonds. The minimum atomic E-state index is -0.424. The lowest BCUT2D eigenvalue weighted by atomic mass is 10.1. The van der Waals surface area contributed by atoms with Crippen LogP contribution in [0.3, 0.4) is 0 Å². The van der Waals surface area contributed by atoms with E-state index in [0.717, 1.165) is 0 Å². The Morgan fingerprint density at radius 1 is 1.50 bits per heavy atom. The molecule has 0 saturated carbocycles. The lowest BCUT2D eigenvalue weighted by Crippen LogP contribution is -2.33. The topological polar surface area (TPSA) is 70.0 Å². The Balaban J connectivity index is 2.77. The van der Waals surface area contributed by atoms with Crippen LogP contribution in [0.25, 0.3) is 0 Å². The molecule has 1 rings (SSSR count). The van der Waals surface area contributed by atoms with Gasteiger partial charge in [0.1, 0.15) is 0 Å². The maximum absolute atomic E-state index is 12.0. The van der Waals surface area contributed by atoms with Gasteiger partial charge in [0.15, 0.2) is 11.5 Å². The van der Waals surface area contributed by atoms with Gasteiger partial charge in [0.05, 0.1) is 17.5 Å². The molecule has 0 saturated heterocycles. The van der Waals surface area contributed by atoms with Gasteiger partial charge in [0.2, 0.25) is 0 Å². The van der Waals surface area contributed by atoms with Crippen LogP contribution in [0.15, 0.2) is 18.2 Å². The second kappa shape index (κ2) is 6.47. The largest absolute Gasteiger partial charge is 0.504 e. The predicted molar refractivity (Wildman–Crippen MR) is 68.2 cm³/mol. The Hall–Kier alpha value is -1.46. The Kier molecular flexibility index (Phi) is 5.25. The predicted octanol–water partition coefficient (Wildman–Crippen LogP) is 1.42. The second-order valence-corrected chi connectivity index (χ2v) is 4.53. The van der Waals surface area contributed by atoms with Gasteiger partial charge in [-0.15, -0.1) is 11.6 Å². The molecule has 1 unspecified atom stereocenters. The van der Waals surface area contributed by atoms with Gasteiger partial charge in [0.25, 0.3) is 5.91 Å². The number of amides is 1. The molecule has 0 bridgehead atoms. The van der Waals surface area contributed by atoms with Crippen LogP contribution in [0.4, 0.5) is 0 Å². The molecular formula is C12H16ClNO4. The summed E-state index contributed by atoms with van der Waals surface area (Å²) in [5, 5.41) is 18.6. The van der Waals surface area contributed by atoms with E-state index in [-0.39, 0.29) is 23.2 Å². The van der Waals surface area contributed by atoms with Gasteiger partial charge in [0, 0.05) is 20.7 Å². The van der Waals surface area contributed by atoms with Crippen LogP contribution >= 0.6 is 11.6 Å². The number of alkyl halides is 1. The Morgan fingerprint density at radius 2 is 2.17 bits per heavy atom. The summed E-state index contributed by atoms with van der Waals surface area (Å²) in [6, 6.07) is 4.23. The highest BCUT2D eigenvalue weighted by Crippen LogP contribution is 2.28. The Bertz CT molecular complexity index is 425. The summed E-state index contributed by atoms with van der Waals surface area (Å²) in [6.07, 6.45) is 0. The molecule has 0 aliphatic heterocycles. The van der Waals surface area contributed by atoms with Gasteiger partial charge >= 0.3 is 0 Å². The van der Waals surface area contributed by atoms with E-state index in [1.165, 1.54) is 30.2 Å². The summed E-state index contributed by atoms with van der Waals surface area (Å²) < 4.78 is 4.87. The van der Waals surface area contributed by atoms with Crippen LogP contribution in [0.1, 0.15) is 10.4 Å². The van der Waals surface area contributed by atoms with Crippen molar-refractivity contribution in [2.24, 2.45) is 0 Å². The summed E-state index contributed by atoms with van der Waals surface area (Å²) in [4.78, 5) is 13.4. The standard InChI is InChI=1S/C12H16ClNO4/c1-14(6-8(13)7-18-2)12(17)9-4-3-5-10(15)11(9)16/h3-5,8,15-16H,6-7H2,1-2H3. The molecular weight excluding hydrogens is 258 g/mol. The number of aromatic hydroxyl groups is 2. The molecule has 0 aliphatic rings. The SMILES string of the molecule is COCC(Cl)CN(C)C(=O)c1cccc(O)c1O. The monoisotopic (exact) mass is 273 g/mol. The molecule has 0 aromatic heterocycles. The summed E-state index contributed by atoms with van der Waals surface area (Å²) in [5.74, 6) is -1.16. The van der Waals surface area contributed by atoms with E-state index in [1.54, 1.807) is 7.05 Å². The molecule has 0 spiro atoms. The van der Waals surface area contributed by atoms with Crippen molar-refractivity contribution in [1.29, 1.82) is 0 Å². The second-order valence-electron chi connectivity index (χ2n) is 3.91. The van der Waals surface area contributed by atoms with Crippen LogP contribution in [0.2, 0.25) is 0 Å². The number of halogens is 1. The van der Waals surface area contributed by atoms with Gasteiger partial charge in [-0.2, -0.15) is 0 Å². The van der Waals surface area contributed by atoms with Gasteiger partial charge < -0.3 is 19.8 Å². The fourth-order valence-electron chi connectivity index (χ4n) is 1.52. The average molecular weight is 274 g/mol. The van der Waals surface area contributed by atoms with Crippen LogP contribution in [0.5, 0.6) is 11.5 Å². The van der Waals surface area contributed by atoms with Crippen molar-refractivity contribution >= 4 is 17.5 Å². The lowest BCUT2D eigenvalue weighted by molar-refractivity contribution is 0.0778. The molecule has 1 aromatic carbocycles. The lowest BCUT2D eigenvalue weighted by Gasteiger charge is -2.20. The molecule has 2 N–H and O–H groups in total. The third-order valence-electron chi connectivity index (χ3n) is 2.41. The van der Waals surface area contributed by atoms with Crippen LogP contribution in [-0.2, 0) is 4.74 Å². The molecule has 0 fully saturated rings. The first kappa shape index (κ1) is 14.6. The molecule has 1 aromatic rings. The number of carbonyl (C=O) groups is 1. The molecule has 5 nitrogen and oxygen atoms in total. The van der Waals surface area contributed by atoms with Crippen LogP contribution in [0, 0.1) is 0 Å². The first-order valence-corrected chi connectivity index (χ1v) is 5.80. The number of phenols is 2. The zero-order chi connectivity index (χ0) is 13.7. The maximum Gasteiger partial charge on any atom is 0.257 e. The van der Waals surface area contributed by atoms with E-state index in [4.69, 9.17) is 16.3 Å². The number of nitrogens with zero attached hydrogens (tertiary/aromatic N) is 1. The van der Waals surface area contributed by atoms with Crippen molar-refractivity contribution in [2.45, 2.75) is 5.38 Å². The number of rotatable bonds is 5. The van der Waals surface area contributed by atoms with Crippen molar-refractivity contribution in [1.82, 2.24) is 4.90 Å². The number of hydrogen-bond acceptors (Lipinski definition) is 4. The molecule has 18 heavy (non-hydrogen) atoms. The van der Waals surface area contributed by atoms with E-state index < -0.39 is 11.7 Å². The number of ether oxygens (including phenoxy) is 1. The van der Waals surface area contributed by atoms with Crippen molar-refractivity contribution in [3.8, 4) is 11.5 Å². The highest BCUT2D eigenvalue weighted by atomic mass is 35.5. The first-order valence-electron chi connectivity index (χ1n) is 5.36. The third-order valence-corrected chi connectivity index (χ3v) is 2.68. The zero-order valence-electron chi connectivity index (χ0n) is 10.3. The normalized spacial score (nSPS) is 12.2. The molecule has 1 atom stereocenters. The van der Waals surface area contributed by atoms with E-state index >= 15 is 0 Å². The number of phenolic OH excluding ortho intramolecular Hbond substituents is 2.